The highest BCUT2D eigenvalue weighted by Gasteiger charge is 2.52. The summed E-state index contributed by atoms with van der Waals surface area (Å²) in [5, 5.41) is 11.3. The molecule has 2 heterocycles. The fraction of sp³-hybridized carbons (Fsp3) is 0.594. The Labute approximate surface area is 243 Å². The molecule has 0 aliphatic carbocycles. The summed E-state index contributed by atoms with van der Waals surface area (Å²) in [5.41, 5.74) is 0.633. The second kappa shape index (κ2) is 14.2. The maximum atomic E-state index is 12.3. The summed E-state index contributed by atoms with van der Waals surface area (Å²) in [4.78, 5) is 12.3. The number of hydrogen-bond donors (Lipinski definition) is 1. The third-order valence-electron chi connectivity index (χ3n) is 7.54. The summed E-state index contributed by atoms with van der Waals surface area (Å²) < 4.78 is 43.1. The van der Waals surface area contributed by atoms with Crippen molar-refractivity contribution >= 4 is 5.97 Å². The largest absolute Gasteiger partial charge is 0.456 e. The van der Waals surface area contributed by atoms with Gasteiger partial charge in [-0.25, -0.2) is 0 Å². The van der Waals surface area contributed by atoms with Crippen LogP contribution in [0.2, 0.25) is 0 Å². The monoisotopic (exact) mass is 572 g/mol. The molecule has 9 atom stereocenters. The number of methoxy groups -OCH3 is 1. The van der Waals surface area contributed by atoms with E-state index < -0.39 is 60.8 Å². The molecule has 41 heavy (non-hydrogen) atoms. The highest BCUT2D eigenvalue weighted by atomic mass is 16.7. The van der Waals surface area contributed by atoms with E-state index in [1.807, 2.05) is 67.6 Å². The van der Waals surface area contributed by atoms with Crippen molar-refractivity contribution in [2.24, 2.45) is 5.92 Å². The number of rotatable bonds is 11. The lowest BCUT2D eigenvalue weighted by molar-refractivity contribution is -0.350. The van der Waals surface area contributed by atoms with Gasteiger partial charge in [-0.15, -0.1) is 0 Å². The molecule has 2 saturated heterocycles. The van der Waals surface area contributed by atoms with Crippen LogP contribution in [-0.2, 0) is 51.2 Å². The average Bonchev–Trinajstić information content (AvgIpc) is 2.95. The van der Waals surface area contributed by atoms with Gasteiger partial charge in [0.1, 0.15) is 23.9 Å². The zero-order chi connectivity index (χ0) is 29.6. The molecule has 0 amide bonds. The predicted molar refractivity (Wildman–Crippen MR) is 151 cm³/mol. The second-order valence-corrected chi connectivity index (χ2v) is 11.4. The van der Waals surface area contributed by atoms with Crippen molar-refractivity contribution in [3.63, 3.8) is 0 Å². The van der Waals surface area contributed by atoms with Gasteiger partial charge in [0.05, 0.1) is 31.3 Å². The lowest BCUT2D eigenvalue weighted by Gasteiger charge is -2.48. The molecule has 2 aliphatic rings. The van der Waals surface area contributed by atoms with Crippen molar-refractivity contribution in [1.82, 2.24) is 0 Å². The Morgan fingerprint density at radius 3 is 1.98 bits per heavy atom. The Morgan fingerprint density at radius 1 is 0.902 bits per heavy atom. The number of carbonyl (C=O) groups excluding carboxylic acids is 1. The smallest absolute Gasteiger partial charge is 0.308 e. The molecule has 2 aromatic carbocycles. The van der Waals surface area contributed by atoms with Crippen molar-refractivity contribution in [3.05, 3.63) is 71.8 Å². The van der Waals surface area contributed by atoms with Crippen LogP contribution in [0.4, 0.5) is 0 Å². The van der Waals surface area contributed by atoms with Gasteiger partial charge in [-0.3, -0.25) is 4.79 Å². The van der Waals surface area contributed by atoms with Gasteiger partial charge in [0, 0.05) is 13.5 Å². The highest BCUT2D eigenvalue weighted by molar-refractivity contribution is 5.71. The van der Waals surface area contributed by atoms with E-state index in [4.69, 9.17) is 33.2 Å². The SMILES string of the molecule is CO[C@H]1O[C@H](C)[C@@H](O[C@H]2C[C@](C)(O)[C@@H](OC(=O)C(C)C)[C@H](C)O2)[C@H](OCc2ccccc2)[C@H]1OCc1ccccc1. The van der Waals surface area contributed by atoms with E-state index in [1.54, 1.807) is 34.8 Å². The van der Waals surface area contributed by atoms with Gasteiger partial charge in [-0.05, 0) is 31.9 Å². The molecular weight excluding hydrogens is 528 g/mol. The first-order valence-electron chi connectivity index (χ1n) is 14.3. The van der Waals surface area contributed by atoms with E-state index in [2.05, 4.69) is 0 Å². The number of hydrogen-bond acceptors (Lipinski definition) is 9. The van der Waals surface area contributed by atoms with Crippen LogP contribution >= 0.6 is 0 Å². The summed E-state index contributed by atoms with van der Waals surface area (Å²) >= 11 is 0. The Kier molecular flexibility index (Phi) is 10.9. The van der Waals surface area contributed by atoms with E-state index in [0.29, 0.717) is 13.2 Å². The molecule has 0 saturated carbocycles. The molecule has 2 aliphatic heterocycles. The maximum Gasteiger partial charge on any atom is 0.308 e. The first-order chi connectivity index (χ1) is 19.6. The van der Waals surface area contributed by atoms with Crippen LogP contribution in [0.3, 0.4) is 0 Å². The van der Waals surface area contributed by atoms with E-state index >= 15 is 0 Å². The van der Waals surface area contributed by atoms with Gasteiger partial charge in [-0.2, -0.15) is 0 Å². The molecule has 2 aromatic rings. The maximum absolute atomic E-state index is 12.3. The summed E-state index contributed by atoms with van der Waals surface area (Å²) in [6, 6.07) is 19.7. The molecule has 9 nitrogen and oxygen atoms in total. The predicted octanol–water partition coefficient (Wildman–Crippen LogP) is 4.39. The van der Waals surface area contributed by atoms with Gasteiger partial charge in [0.25, 0.3) is 0 Å². The molecule has 0 radical (unpaired) electrons. The molecular formula is C32H44O9. The van der Waals surface area contributed by atoms with Crippen molar-refractivity contribution in [2.45, 2.75) is 109 Å². The van der Waals surface area contributed by atoms with Crippen molar-refractivity contribution < 1.29 is 43.1 Å². The van der Waals surface area contributed by atoms with Crippen LogP contribution < -0.4 is 0 Å². The Hall–Kier alpha value is -2.37. The molecule has 2 fully saturated rings. The fourth-order valence-corrected chi connectivity index (χ4v) is 5.31. The standard InChI is InChI=1S/C32H44O9/c1-20(2)30(33)41-29-22(4)38-25(17-32(29,5)34)40-26-21(3)39-31(35-6)28(37-19-24-15-11-8-12-16-24)27(26)36-18-23-13-9-7-10-14-23/h7-16,20-22,25-29,31,34H,17-19H2,1-6H3/t21-,22+,25+,26-,27+,28-,29+,31+,32+/m1/s1. The van der Waals surface area contributed by atoms with Crippen LogP contribution in [0.25, 0.3) is 0 Å². The first kappa shape index (κ1) is 31.6. The summed E-state index contributed by atoms with van der Waals surface area (Å²) in [5.74, 6) is -0.714. The molecule has 0 bridgehead atoms. The van der Waals surface area contributed by atoms with E-state index in [1.165, 1.54) is 0 Å². The molecule has 9 heteroatoms. The number of benzene rings is 2. The van der Waals surface area contributed by atoms with Crippen molar-refractivity contribution in [2.75, 3.05) is 7.11 Å². The molecule has 1 N–H and O–H groups in total. The normalized spacial score (nSPS) is 34.0. The Morgan fingerprint density at radius 2 is 1.46 bits per heavy atom. The quantitative estimate of drug-likeness (QED) is 0.393. The minimum Gasteiger partial charge on any atom is -0.456 e. The van der Waals surface area contributed by atoms with E-state index in [9.17, 15) is 9.90 Å². The minimum absolute atomic E-state index is 0.0885. The van der Waals surface area contributed by atoms with Crippen LogP contribution in [0.5, 0.6) is 0 Å². The van der Waals surface area contributed by atoms with Gasteiger partial charge in [0.2, 0.25) is 0 Å². The average molecular weight is 573 g/mol. The number of esters is 1. The van der Waals surface area contributed by atoms with Gasteiger partial charge < -0.3 is 38.3 Å². The number of aliphatic hydroxyl groups is 1. The Balaban J connectivity index is 1.54. The minimum atomic E-state index is -1.37. The molecule has 4 rings (SSSR count). The van der Waals surface area contributed by atoms with Crippen LogP contribution in [0.1, 0.15) is 52.2 Å². The van der Waals surface area contributed by atoms with Crippen molar-refractivity contribution in [1.29, 1.82) is 0 Å². The lowest BCUT2D eigenvalue weighted by atomic mass is 9.88. The summed E-state index contributed by atoms with van der Waals surface area (Å²) in [6.07, 6.45) is -5.12. The van der Waals surface area contributed by atoms with Crippen LogP contribution in [0, 0.1) is 5.92 Å². The summed E-state index contributed by atoms with van der Waals surface area (Å²) in [6.45, 7) is 9.45. The third kappa shape index (κ3) is 8.14. The highest BCUT2D eigenvalue weighted by Crippen LogP contribution is 2.36. The topological polar surface area (TPSA) is 102 Å². The third-order valence-corrected chi connectivity index (χ3v) is 7.54. The van der Waals surface area contributed by atoms with Gasteiger partial charge >= 0.3 is 5.97 Å². The van der Waals surface area contributed by atoms with Gasteiger partial charge in [-0.1, -0.05) is 74.5 Å². The zero-order valence-corrected chi connectivity index (χ0v) is 24.8. The number of ether oxygens (including phenoxy) is 7. The van der Waals surface area contributed by atoms with Crippen LogP contribution in [-0.4, -0.2) is 73.0 Å². The fourth-order valence-electron chi connectivity index (χ4n) is 5.31. The molecule has 0 unspecified atom stereocenters. The summed E-state index contributed by atoms with van der Waals surface area (Å²) in [7, 11) is 1.58. The van der Waals surface area contributed by atoms with Crippen molar-refractivity contribution in [3.8, 4) is 0 Å². The number of carbonyl (C=O) groups is 1. The van der Waals surface area contributed by atoms with Gasteiger partial charge in [0.15, 0.2) is 18.7 Å². The van der Waals surface area contributed by atoms with E-state index in [0.717, 1.165) is 11.1 Å². The van der Waals surface area contributed by atoms with E-state index in [-0.39, 0.29) is 12.3 Å². The first-order valence-corrected chi connectivity index (χ1v) is 14.3. The zero-order valence-electron chi connectivity index (χ0n) is 24.8. The Bertz CT molecular complexity index is 1080. The molecule has 226 valence electrons. The lowest BCUT2D eigenvalue weighted by Crippen LogP contribution is -2.62. The van der Waals surface area contributed by atoms with Crippen LogP contribution in [0.15, 0.2) is 60.7 Å². The second-order valence-electron chi connectivity index (χ2n) is 11.4. The molecule has 0 aromatic heterocycles. The molecule has 0 spiro atoms.